The molecule has 0 aliphatic carbocycles. The summed E-state index contributed by atoms with van der Waals surface area (Å²) in [5, 5.41) is 8.95. The summed E-state index contributed by atoms with van der Waals surface area (Å²) in [5.41, 5.74) is 1.09. The highest BCUT2D eigenvalue weighted by Crippen LogP contribution is 2.36. The van der Waals surface area contributed by atoms with Crippen LogP contribution in [0.3, 0.4) is 0 Å². The molecule has 26 heavy (non-hydrogen) atoms. The molecule has 1 fully saturated rings. The van der Waals surface area contributed by atoms with E-state index in [4.69, 9.17) is 22.1 Å². The Labute approximate surface area is 158 Å². The minimum Gasteiger partial charge on any atom is -0.494 e. The van der Waals surface area contributed by atoms with Crippen LogP contribution in [0.2, 0.25) is 0 Å². The minimum absolute atomic E-state index is 0.114. The van der Waals surface area contributed by atoms with Crippen LogP contribution < -0.4 is 9.64 Å². The van der Waals surface area contributed by atoms with Crippen molar-refractivity contribution in [3.05, 3.63) is 64.3 Å². The molecule has 2 aromatic carbocycles. The smallest absolute Gasteiger partial charge is 0.335 e. The Morgan fingerprint density at radius 2 is 1.96 bits per heavy atom. The Hall–Kier alpha value is -2.71. The Bertz CT molecular complexity index is 941. The molecule has 1 heterocycles. The maximum absolute atomic E-state index is 13.8. The second kappa shape index (κ2) is 7.27. The second-order valence-corrected chi connectivity index (χ2v) is 6.94. The van der Waals surface area contributed by atoms with Crippen LogP contribution in [0.25, 0.3) is 6.08 Å². The molecule has 8 heteroatoms. The zero-order chi connectivity index (χ0) is 18.8. The third-order valence-corrected chi connectivity index (χ3v) is 4.94. The fourth-order valence-electron chi connectivity index (χ4n) is 2.37. The van der Waals surface area contributed by atoms with Gasteiger partial charge in [-0.3, -0.25) is 9.69 Å². The summed E-state index contributed by atoms with van der Waals surface area (Å²) in [4.78, 5) is 25.3. The van der Waals surface area contributed by atoms with Crippen LogP contribution in [0.15, 0.2) is 47.4 Å². The summed E-state index contributed by atoms with van der Waals surface area (Å²) in [5.74, 6) is -1.81. The number of ether oxygens (including phenoxy) is 1. The number of thiocarbonyl (C=S) groups is 1. The normalized spacial score (nSPS) is 15.6. The lowest BCUT2D eigenvalue weighted by atomic mass is 10.1. The molecule has 5 nitrogen and oxygen atoms in total. The van der Waals surface area contributed by atoms with Gasteiger partial charge in [-0.15, -0.1) is 0 Å². The van der Waals surface area contributed by atoms with E-state index < -0.39 is 11.8 Å². The van der Waals surface area contributed by atoms with Crippen LogP contribution in [0.5, 0.6) is 5.75 Å². The van der Waals surface area contributed by atoms with Crippen molar-refractivity contribution in [2.75, 3.05) is 12.0 Å². The van der Waals surface area contributed by atoms with Crippen LogP contribution in [0.4, 0.5) is 10.1 Å². The first kappa shape index (κ1) is 18.1. The first-order valence-corrected chi connectivity index (χ1v) is 8.58. The van der Waals surface area contributed by atoms with Crippen LogP contribution in [0.1, 0.15) is 15.9 Å². The minimum atomic E-state index is -1.05. The van der Waals surface area contributed by atoms with E-state index in [0.29, 0.717) is 20.5 Å². The number of hydrogen-bond donors (Lipinski definition) is 1. The van der Waals surface area contributed by atoms with Crippen molar-refractivity contribution in [2.24, 2.45) is 0 Å². The van der Waals surface area contributed by atoms with Crippen molar-refractivity contribution in [1.29, 1.82) is 0 Å². The Balaban J connectivity index is 1.88. The number of nitrogens with zero attached hydrogens (tertiary/aromatic N) is 1. The number of amides is 1. The number of carboxylic acid groups (broad SMARTS) is 1. The summed E-state index contributed by atoms with van der Waals surface area (Å²) in [6.07, 6.45) is 1.55. The summed E-state index contributed by atoms with van der Waals surface area (Å²) in [7, 11) is 1.37. The number of hydrogen-bond acceptors (Lipinski definition) is 5. The van der Waals surface area contributed by atoms with Gasteiger partial charge in [0.2, 0.25) is 0 Å². The van der Waals surface area contributed by atoms with Crippen molar-refractivity contribution in [3.63, 3.8) is 0 Å². The third-order valence-electron chi connectivity index (χ3n) is 3.64. The molecule has 132 valence electrons. The molecule has 1 amide bonds. The molecule has 3 rings (SSSR count). The van der Waals surface area contributed by atoms with Gasteiger partial charge in [0.25, 0.3) is 5.91 Å². The average Bonchev–Trinajstić information content (AvgIpc) is 2.89. The van der Waals surface area contributed by atoms with E-state index in [9.17, 15) is 14.0 Å². The zero-order valence-corrected chi connectivity index (χ0v) is 15.1. The Morgan fingerprint density at radius 3 is 2.54 bits per heavy atom. The van der Waals surface area contributed by atoms with E-state index in [-0.39, 0.29) is 17.2 Å². The lowest BCUT2D eigenvalue weighted by molar-refractivity contribution is -0.113. The van der Waals surface area contributed by atoms with E-state index in [2.05, 4.69) is 0 Å². The van der Waals surface area contributed by atoms with E-state index in [0.717, 1.165) is 11.8 Å². The number of aromatic carboxylic acids is 1. The number of carboxylic acids is 1. The van der Waals surface area contributed by atoms with Gasteiger partial charge in [-0.2, -0.15) is 0 Å². The molecular formula is C18H12FNO4S2. The molecule has 2 aromatic rings. The fourth-order valence-corrected chi connectivity index (χ4v) is 3.67. The van der Waals surface area contributed by atoms with E-state index in [1.54, 1.807) is 12.1 Å². The quantitative estimate of drug-likeness (QED) is 0.631. The van der Waals surface area contributed by atoms with Gasteiger partial charge >= 0.3 is 5.97 Å². The Morgan fingerprint density at radius 1 is 1.27 bits per heavy atom. The molecule has 0 bridgehead atoms. The van der Waals surface area contributed by atoms with Gasteiger partial charge in [-0.1, -0.05) is 30.0 Å². The van der Waals surface area contributed by atoms with Crippen molar-refractivity contribution < 1.29 is 23.8 Å². The molecule has 0 spiro atoms. The van der Waals surface area contributed by atoms with Crippen molar-refractivity contribution in [1.82, 2.24) is 0 Å². The van der Waals surface area contributed by atoms with E-state index >= 15 is 0 Å². The number of thioether (sulfide) groups is 1. The maximum atomic E-state index is 13.8. The van der Waals surface area contributed by atoms with Crippen molar-refractivity contribution in [2.45, 2.75) is 0 Å². The van der Waals surface area contributed by atoms with Gasteiger partial charge in [-0.05, 0) is 48.0 Å². The standard InChI is InChI=1S/C18H12FNO4S2/c1-24-14-7-2-10(8-13(14)19)9-15-16(21)20(18(25)26-15)12-5-3-11(4-6-12)17(22)23/h2-9H,1H3,(H,22,23)/b15-9-. The number of benzene rings is 2. The highest BCUT2D eigenvalue weighted by molar-refractivity contribution is 8.27. The summed E-state index contributed by atoms with van der Waals surface area (Å²) >= 11 is 6.36. The first-order valence-electron chi connectivity index (χ1n) is 7.35. The number of carbonyl (C=O) groups is 2. The molecular weight excluding hydrogens is 377 g/mol. The summed E-state index contributed by atoms with van der Waals surface area (Å²) < 4.78 is 19.0. The lowest BCUT2D eigenvalue weighted by Crippen LogP contribution is -2.27. The van der Waals surface area contributed by atoms with Crippen molar-refractivity contribution >= 4 is 51.9 Å². The highest BCUT2D eigenvalue weighted by atomic mass is 32.2. The molecule has 1 N–H and O–H groups in total. The van der Waals surface area contributed by atoms with Gasteiger partial charge in [0, 0.05) is 0 Å². The van der Waals surface area contributed by atoms with E-state index in [1.807, 2.05) is 0 Å². The Kier molecular flexibility index (Phi) is 5.06. The van der Waals surface area contributed by atoms with Crippen LogP contribution in [-0.4, -0.2) is 28.4 Å². The van der Waals surface area contributed by atoms with Crippen LogP contribution in [-0.2, 0) is 4.79 Å². The number of carbonyl (C=O) groups excluding carboxylic acids is 1. The molecule has 0 atom stereocenters. The SMILES string of the molecule is COc1ccc(/C=C2\SC(=S)N(c3ccc(C(=O)O)cc3)C2=O)cc1F. The van der Waals surface area contributed by atoms with Gasteiger partial charge in [-0.25, -0.2) is 9.18 Å². The van der Waals surface area contributed by atoms with Gasteiger partial charge < -0.3 is 9.84 Å². The van der Waals surface area contributed by atoms with Gasteiger partial charge in [0.15, 0.2) is 15.9 Å². The van der Waals surface area contributed by atoms with Crippen LogP contribution in [0, 0.1) is 5.82 Å². The van der Waals surface area contributed by atoms with Crippen molar-refractivity contribution in [3.8, 4) is 5.75 Å². The molecule has 0 unspecified atom stereocenters. The molecule has 0 radical (unpaired) electrons. The average molecular weight is 389 g/mol. The van der Waals surface area contributed by atoms with Gasteiger partial charge in [0.05, 0.1) is 23.3 Å². The molecule has 0 saturated carbocycles. The topological polar surface area (TPSA) is 66.8 Å². The fraction of sp³-hybridized carbons (Fsp3) is 0.0556. The predicted octanol–water partition coefficient (Wildman–Crippen LogP) is 3.94. The largest absolute Gasteiger partial charge is 0.494 e. The number of rotatable bonds is 4. The first-order chi connectivity index (χ1) is 12.4. The highest BCUT2D eigenvalue weighted by Gasteiger charge is 2.33. The maximum Gasteiger partial charge on any atom is 0.335 e. The van der Waals surface area contributed by atoms with Crippen LogP contribution >= 0.6 is 24.0 Å². The molecule has 0 aromatic heterocycles. The monoisotopic (exact) mass is 389 g/mol. The summed E-state index contributed by atoms with van der Waals surface area (Å²) in [6.45, 7) is 0. The second-order valence-electron chi connectivity index (χ2n) is 5.26. The van der Waals surface area contributed by atoms with E-state index in [1.165, 1.54) is 48.4 Å². The predicted molar refractivity (Wildman–Crippen MR) is 102 cm³/mol. The zero-order valence-electron chi connectivity index (χ0n) is 13.4. The number of anilines is 1. The molecule has 1 saturated heterocycles. The molecule has 1 aliphatic heterocycles. The third kappa shape index (κ3) is 3.47. The number of methoxy groups -OCH3 is 1. The molecule has 1 aliphatic rings. The lowest BCUT2D eigenvalue weighted by Gasteiger charge is -2.14. The summed E-state index contributed by atoms with van der Waals surface area (Å²) in [6, 6.07) is 10.2. The number of halogens is 1. The van der Waals surface area contributed by atoms with Gasteiger partial charge in [0.1, 0.15) is 0 Å².